The maximum Gasteiger partial charge on any atom is 0.327 e. The highest BCUT2D eigenvalue weighted by Gasteiger charge is 2.40. The van der Waals surface area contributed by atoms with Gasteiger partial charge in [0.15, 0.2) is 0 Å². The van der Waals surface area contributed by atoms with Crippen LogP contribution < -0.4 is 0 Å². The van der Waals surface area contributed by atoms with Crippen LogP contribution in [0.5, 0.6) is 0 Å². The van der Waals surface area contributed by atoms with Crippen molar-refractivity contribution in [2.45, 2.75) is 31.2 Å². The van der Waals surface area contributed by atoms with E-state index >= 15 is 0 Å². The number of benzene rings is 1. The minimum atomic E-state index is -0.993. The molecule has 96 valence electrons. The maximum absolute atomic E-state index is 10.3. The first-order chi connectivity index (χ1) is 8.66. The molecule has 0 aromatic heterocycles. The molecule has 1 heterocycles. The Kier molecular flexibility index (Phi) is 4.12. The van der Waals surface area contributed by atoms with Gasteiger partial charge in [0.25, 0.3) is 0 Å². The quantitative estimate of drug-likeness (QED) is 0.596. The van der Waals surface area contributed by atoms with Crippen molar-refractivity contribution < 1.29 is 19.7 Å². The van der Waals surface area contributed by atoms with Crippen molar-refractivity contribution in [3.8, 4) is 0 Å². The first-order valence-corrected chi connectivity index (χ1v) is 5.95. The molecule has 0 radical (unpaired) electrons. The average Bonchev–Trinajstić information content (AvgIpc) is 3.09. The molecule has 0 amide bonds. The molecule has 1 aliphatic heterocycles. The summed E-state index contributed by atoms with van der Waals surface area (Å²) in [7, 11) is 0. The van der Waals surface area contributed by atoms with Crippen LogP contribution in [0.1, 0.15) is 24.5 Å². The Balaban J connectivity index is 1.74. The number of aliphatic hydroxyl groups is 1. The molecule has 0 saturated carbocycles. The van der Waals surface area contributed by atoms with Crippen molar-refractivity contribution in [1.82, 2.24) is 0 Å². The van der Waals surface area contributed by atoms with E-state index in [4.69, 9.17) is 9.84 Å². The third-order valence-electron chi connectivity index (χ3n) is 2.88. The number of hydrogen-bond donors (Lipinski definition) is 2. The molecule has 1 aromatic carbocycles. The Morgan fingerprint density at radius 3 is 2.78 bits per heavy atom. The zero-order valence-corrected chi connectivity index (χ0v) is 9.90. The normalized spacial score (nSPS) is 24.1. The van der Waals surface area contributed by atoms with Crippen molar-refractivity contribution in [3.63, 3.8) is 0 Å². The van der Waals surface area contributed by atoms with E-state index in [0.717, 1.165) is 11.6 Å². The second-order valence-electron chi connectivity index (χ2n) is 4.37. The van der Waals surface area contributed by atoms with Crippen molar-refractivity contribution >= 4 is 5.97 Å². The molecular weight excluding hydrogens is 232 g/mol. The summed E-state index contributed by atoms with van der Waals surface area (Å²) in [5.41, 5.74) is 1.12. The zero-order chi connectivity index (χ0) is 13.0. The smallest absolute Gasteiger partial charge is 0.327 e. The van der Waals surface area contributed by atoms with Gasteiger partial charge in [-0.1, -0.05) is 36.4 Å². The third kappa shape index (κ3) is 3.68. The molecule has 1 saturated heterocycles. The number of carboxylic acids is 1. The molecule has 4 nitrogen and oxygen atoms in total. The van der Waals surface area contributed by atoms with Gasteiger partial charge in [0.2, 0.25) is 0 Å². The highest BCUT2D eigenvalue weighted by molar-refractivity contribution is 5.79. The summed E-state index contributed by atoms with van der Waals surface area (Å²) in [5, 5.41) is 18.1. The van der Waals surface area contributed by atoms with Crippen molar-refractivity contribution in [2.24, 2.45) is 0 Å². The predicted molar refractivity (Wildman–Crippen MR) is 66.1 cm³/mol. The summed E-state index contributed by atoms with van der Waals surface area (Å²) in [5.74, 6) is -0.993. The predicted octanol–water partition coefficient (Wildman–Crippen LogP) is 1.91. The molecule has 1 fully saturated rings. The van der Waals surface area contributed by atoms with Gasteiger partial charge in [0.05, 0.1) is 12.2 Å². The van der Waals surface area contributed by atoms with Crippen LogP contribution in [0.4, 0.5) is 0 Å². The van der Waals surface area contributed by atoms with Crippen LogP contribution in [-0.2, 0) is 9.53 Å². The fraction of sp³-hybridized carbons (Fsp3) is 0.357. The molecule has 2 N–H and O–H groups in total. The fourth-order valence-corrected chi connectivity index (χ4v) is 1.95. The molecule has 0 spiro atoms. The van der Waals surface area contributed by atoms with Crippen LogP contribution in [0.2, 0.25) is 0 Å². The Bertz CT molecular complexity index is 427. The zero-order valence-electron chi connectivity index (χ0n) is 9.90. The minimum Gasteiger partial charge on any atom is -0.478 e. The average molecular weight is 248 g/mol. The van der Waals surface area contributed by atoms with Crippen molar-refractivity contribution in [2.75, 3.05) is 0 Å². The molecule has 1 aliphatic rings. The number of aliphatic hydroxyl groups excluding tert-OH is 1. The Labute approximate surface area is 106 Å². The Morgan fingerprint density at radius 2 is 2.11 bits per heavy atom. The van der Waals surface area contributed by atoms with Crippen molar-refractivity contribution in [1.29, 1.82) is 0 Å². The van der Waals surface area contributed by atoms with Gasteiger partial charge >= 0.3 is 5.97 Å². The highest BCUT2D eigenvalue weighted by Crippen LogP contribution is 2.41. The van der Waals surface area contributed by atoms with Gasteiger partial charge in [-0.2, -0.15) is 0 Å². The molecule has 0 aliphatic carbocycles. The molecule has 3 atom stereocenters. The second-order valence-corrected chi connectivity index (χ2v) is 4.37. The maximum atomic E-state index is 10.3. The van der Waals surface area contributed by atoms with E-state index in [1.54, 1.807) is 0 Å². The Hall–Kier alpha value is -1.65. The van der Waals surface area contributed by atoms with E-state index in [2.05, 4.69) is 0 Å². The number of hydrogen-bond acceptors (Lipinski definition) is 3. The van der Waals surface area contributed by atoms with Crippen LogP contribution in [0, 0.1) is 0 Å². The van der Waals surface area contributed by atoms with Crippen LogP contribution in [0.15, 0.2) is 42.5 Å². The fourth-order valence-electron chi connectivity index (χ4n) is 1.95. The number of carbonyl (C=O) groups is 1. The lowest BCUT2D eigenvalue weighted by molar-refractivity contribution is -0.131. The largest absolute Gasteiger partial charge is 0.478 e. The van der Waals surface area contributed by atoms with Gasteiger partial charge in [-0.3, -0.25) is 0 Å². The van der Waals surface area contributed by atoms with E-state index < -0.39 is 12.1 Å². The van der Waals surface area contributed by atoms with E-state index in [-0.39, 0.29) is 12.2 Å². The Morgan fingerprint density at radius 1 is 1.39 bits per heavy atom. The van der Waals surface area contributed by atoms with Gasteiger partial charge in [-0.25, -0.2) is 4.79 Å². The third-order valence-corrected chi connectivity index (χ3v) is 2.88. The summed E-state index contributed by atoms with van der Waals surface area (Å²) in [6.45, 7) is 0. The van der Waals surface area contributed by atoms with Crippen LogP contribution in [-0.4, -0.2) is 28.4 Å². The number of rotatable bonds is 6. The monoisotopic (exact) mass is 248 g/mol. The summed E-state index contributed by atoms with van der Waals surface area (Å²) in [6, 6.07) is 9.87. The van der Waals surface area contributed by atoms with Gasteiger partial charge in [0.1, 0.15) is 6.10 Å². The highest BCUT2D eigenvalue weighted by atomic mass is 16.6. The van der Waals surface area contributed by atoms with E-state index in [1.165, 1.54) is 6.08 Å². The summed E-state index contributed by atoms with van der Waals surface area (Å²) >= 11 is 0. The molecule has 4 heteroatoms. The van der Waals surface area contributed by atoms with Gasteiger partial charge in [-0.15, -0.1) is 0 Å². The van der Waals surface area contributed by atoms with E-state index in [1.807, 2.05) is 30.3 Å². The van der Waals surface area contributed by atoms with E-state index in [0.29, 0.717) is 12.8 Å². The molecule has 2 rings (SSSR count). The van der Waals surface area contributed by atoms with Crippen LogP contribution >= 0.6 is 0 Å². The lowest BCUT2D eigenvalue weighted by Gasteiger charge is -2.04. The standard InChI is InChI=1S/C14H16O4/c15-11(7-4-8-13(16)17)9-12-14(18-12)10-5-2-1-3-6-10/h1-6,8,11-12,14-15H,7,9H2,(H,16,17). The van der Waals surface area contributed by atoms with Crippen LogP contribution in [0.25, 0.3) is 0 Å². The number of carboxylic acid groups (broad SMARTS) is 1. The molecule has 0 bridgehead atoms. The first kappa shape index (κ1) is 12.8. The van der Waals surface area contributed by atoms with Gasteiger partial charge in [0, 0.05) is 12.5 Å². The summed E-state index contributed by atoms with van der Waals surface area (Å²) < 4.78 is 5.50. The number of ether oxygens (including phenoxy) is 1. The lowest BCUT2D eigenvalue weighted by Crippen LogP contribution is -2.09. The molecular formula is C14H16O4. The number of epoxide rings is 1. The molecule has 18 heavy (non-hydrogen) atoms. The van der Waals surface area contributed by atoms with Crippen LogP contribution in [0.3, 0.4) is 0 Å². The molecule has 1 aromatic rings. The number of aliphatic carboxylic acids is 1. The van der Waals surface area contributed by atoms with E-state index in [9.17, 15) is 9.90 Å². The van der Waals surface area contributed by atoms with Gasteiger partial charge in [-0.05, 0) is 12.0 Å². The summed E-state index contributed by atoms with van der Waals surface area (Å²) in [4.78, 5) is 10.3. The van der Waals surface area contributed by atoms with Crippen molar-refractivity contribution in [3.05, 3.63) is 48.0 Å². The summed E-state index contributed by atoms with van der Waals surface area (Å²) in [6.07, 6.45) is 2.94. The topological polar surface area (TPSA) is 70.1 Å². The first-order valence-electron chi connectivity index (χ1n) is 5.95. The van der Waals surface area contributed by atoms with Gasteiger partial charge < -0.3 is 14.9 Å². The second kappa shape index (κ2) is 5.80. The SMILES string of the molecule is O=C(O)C=CCC(O)CC1OC1c1ccccc1. The lowest BCUT2D eigenvalue weighted by atomic mass is 10.0. The minimum absolute atomic E-state index is 0.0422. The molecule has 3 unspecified atom stereocenters.